The van der Waals surface area contributed by atoms with Crippen LogP contribution in [0.25, 0.3) is 21.9 Å². The van der Waals surface area contributed by atoms with E-state index in [4.69, 9.17) is 4.74 Å². The van der Waals surface area contributed by atoms with E-state index in [9.17, 15) is 9.90 Å². The smallest absolute Gasteiger partial charge is 0.229 e. The molecule has 0 atom stereocenters. The number of anilines is 1. The van der Waals surface area contributed by atoms with E-state index >= 15 is 0 Å². The number of amides is 1. The Hall–Kier alpha value is -3.70. The molecule has 1 amide bonds. The maximum atomic E-state index is 13.7. The first-order valence-electron chi connectivity index (χ1n) is 13.0. The molecule has 5 heteroatoms. The van der Waals surface area contributed by atoms with E-state index in [0.29, 0.717) is 18.8 Å². The Kier molecular flexibility index (Phi) is 7.61. The molecule has 1 heterocycles. The van der Waals surface area contributed by atoms with Gasteiger partial charge in [0.15, 0.2) is 0 Å². The number of aryl methyl sites for hydroxylation is 1. The average Bonchev–Trinajstić information content (AvgIpc) is 2.85. The zero-order valence-electron chi connectivity index (χ0n) is 23.5. The van der Waals surface area contributed by atoms with Crippen molar-refractivity contribution in [3.8, 4) is 16.9 Å². The third-order valence-corrected chi connectivity index (χ3v) is 6.71. The van der Waals surface area contributed by atoms with Gasteiger partial charge in [0.05, 0.1) is 19.3 Å². The molecule has 5 nitrogen and oxygen atoms in total. The Balaban J connectivity index is 1.70. The fourth-order valence-corrected chi connectivity index (χ4v) is 4.63. The second-order valence-electron chi connectivity index (χ2n) is 11.7. The molecule has 0 aliphatic carbocycles. The van der Waals surface area contributed by atoms with Crippen LogP contribution < -0.4 is 9.64 Å². The highest BCUT2D eigenvalue weighted by molar-refractivity contribution is 6.02. The number of benzene rings is 3. The Bertz CT molecular complexity index is 1440. The maximum absolute atomic E-state index is 13.7. The van der Waals surface area contributed by atoms with Gasteiger partial charge in [0.1, 0.15) is 11.6 Å². The van der Waals surface area contributed by atoms with Crippen LogP contribution >= 0.6 is 0 Å². The van der Waals surface area contributed by atoms with Gasteiger partial charge in [-0.25, -0.2) is 4.98 Å². The summed E-state index contributed by atoms with van der Waals surface area (Å²) >= 11 is 0. The SMILES string of the molecule is COc1ccc(-c2ccc(CN(C(=O)CC(C)(C)C)c3nccc4cc(C(C)(C)O)ccc34)cc2)cc1C. The monoisotopic (exact) mass is 510 g/mol. The number of carbonyl (C=O) groups is 1. The first-order chi connectivity index (χ1) is 17.9. The van der Waals surface area contributed by atoms with Gasteiger partial charge in [0.25, 0.3) is 0 Å². The lowest BCUT2D eigenvalue weighted by atomic mass is 9.91. The van der Waals surface area contributed by atoms with Crippen molar-refractivity contribution in [3.05, 3.63) is 89.6 Å². The van der Waals surface area contributed by atoms with Crippen LogP contribution in [0.4, 0.5) is 5.82 Å². The molecule has 0 spiro atoms. The van der Waals surface area contributed by atoms with Gasteiger partial charge in [-0.3, -0.25) is 9.69 Å². The van der Waals surface area contributed by atoms with E-state index in [1.807, 2.05) is 37.3 Å². The van der Waals surface area contributed by atoms with Crippen LogP contribution in [0.1, 0.15) is 57.7 Å². The van der Waals surface area contributed by atoms with Crippen LogP contribution in [-0.2, 0) is 16.9 Å². The minimum absolute atomic E-state index is 0.0268. The minimum Gasteiger partial charge on any atom is -0.496 e. The van der Waals surface area contributed by atoms with Crippen LogP contribution in [0.15, 0.2) is 72.9 Å². The van der Waals surface area contributed by atoms with Crippen molar-refractivity contribution in [1.29, 1.82) is 0 Å². The number of nitrogens with zero attached hydrogens (tertiary/aromatic N) is 2. The van der Waals surface area contributed by atoms with Gasteiger partial charge in [-0.05, 0) is 83.7 Å². The third kappa shape index (κ3) is 6.22. The minimum atomic E-state index is -0.955. The lowest BCUT2D eigenvalue weighted by Gasteiger charge is -2.27. The van der Waals surface area contributed by atoms with Gasteiger partial charge in [0.2, 0.25) is 5.91 Å². The summed E-state index contributed by atoms with van der Waals surface area (Å²) in [4.78, 5) is 20.1. The lowest BCUT2D eigenvalue weighted by Crippen LogP contribution is -2.34. The molecule has 3 aromatic carbocycles. The molecule has 1 N–H and O–H groups in total. The van der Waals surface area contributed by atoms with Crippen molar-refractivity contribution in [2.45, 2.75) is 60.1 Å². The van der Waals surface area contributed by atoms with Crippen molar-refractivity contribution in [2.75, 3.05) is 12.0 Å². The number of hydrogen-bond donors (Lipinski definition) is 1. The summed E-state index contributed by atoms with van der Waals surface area (Å²) in [5, 5.41) is 12.3. The van der Waals surface area contributed by atoms with Gasteiger partial charge in [0, 0.05) is 18.0 Å². The van der Waals surface area contributed by atoms with E-state index in [2.05, 4.69) is 62.2 Å². The first-order valence-corrected chi connectivity index (χ1v) is 13.0. The summed E-state index contributed by atoms with van der Waals surface area (Å²) in [5.41, 5.74) is 4.03. The fraction of sp³-hybridized carbons (Fsp3) is 0.333. The van der Waals surface area contributed by atoms with Crippen LogP contribution in [0.5, 0.6) is 5.75 Å². The van der Waals surface area contributed by atoms with Gasteiger partial charge >= 0.3 is 0 Å². The number of pyridine rings is 1. The number of aliphatic hydroxyl groups is 1. The molecule has 38 heavy (non-hydrogen) atoms. The zero-order chi connectivity index (χ0) is 27.7. The molecule has 4 rings (SSSR count). The molecular weight excluding hydrogens is 472 g/mol. The predicted octanol–water partition coefficient (Wildman–Crippen LogP) is 7.42. The van der Waals surface area contributed by atoms with E-state index < -0.39 is 5.60 Å². The van der Waals surface area contributed by atoms with Gasteiger partial charge in [-0.1, -0.05) is 63.2 Å². The fourth-order valence-electron chi connectivity index (χ4n) is 4.63. The van der Waals surface area contributed by atoms with Crippen LogP contribution in [0.3, 0.4) is 0 Å². The summed E-state index contributed by atoms with van der Waals surface area (Å²) in [5.74, 6) is 1.53. The molecule has 0 aliphatic rings. The topological polar surface area (TPSA) is 62.7 Å². The normalized spacial score (nSPS) is 12.0. The molecule has 0 radical (unpaired) electrons. The molecule has 0 aliphatic heterocycles. The van der Waals surface area contributed by atoms with Gasteiger partial charge < -0.3 is 9.84 Å². The van der Waals surface area contributed by atoms with Gasteiger partial charge in [-0.15, -0.1) is 0 Å². The van der Waals surface area contributed by atoms with Crippen molar-refractivity contribution in [1.82, 2.24) is 4.98 Å². The molecule has 0 bridgehead atoms. The third-order valence-electron chi connectivity index (χ3n) is 6.71. The van der Waals surface area contributed by atoms with Crippen molar-refractivity contribution in [3.63, 3.8) is 0 Å². The molecule has 198 valence electrons. The average molecular weight is 511 g/mol. The van der Waals surface area contributed by atoms with Crippen molar-refractivity contribution < 1.29 is 14.6 Å². The standard InChI is InChI=1S/C33H38N2O3/c1-22-18-25(12-15-29(22)38-7)24-10-8-23(9-11-24)21-35(30(36)20-32(2,3)4)31-28-14-13-27(33(5,6)37)19-26(28)16-17-34-31/h8-19,37H,20-21H2,1-7H3. The molecular formula is C33H38N2O3. The number of methoxy groups -OCH3 is 1. The summed E-state index contributed by atoms with van der Waals surface area (Å²) in [6.07, 6.45) is 2.13. The largest absolute Gasteiger partial charge is 0.496 e. The first kappa shape index (κ1) is 27.3. The predicted molar refractivity (Wildman–Crippen MR) is 155 cm³/mol. The van der Waals surface area contributed by atoms with E-state index in [-0.39, 0.29) is 11.3 Å². The second kappa shape index (κ2) is 10.6. The highest BCUT2D eigenvalue weighted by Gasteiger charge is 2.25. The Morgan fingerprint density at radius 2 is 1.61 bits per heavy atom. The van der Waals surface area contributed by atoms with Crippen LogP contribution in [0.2, 0.25) is 0 Å². The van der Waals surface area contributed by atoms with Crippen LogP contribution in [0, 0.1) is 12.3 Å². The molecule has 0 saturated carbocycles. The van der Waals surface area contributed by atoms with Crippen molar-refractivity contribution >= 4 is 22.5 Å². The number of ether oxygens (including phenoxy) is 1. The van der Waals surface area contributed by atoms with Crippen molar-refractivity contribution in [2.24, 2.45) is 5.41 Å². The number of hydrogen-bond acceptors (Lipinski definition) is 4. The highest BCUT2D eigenvalue weighted by atomic mass is 16.5. The summed E-state index contributed by atoms with van der Waals surface area (Å²) in [7, 11) is 1.68. The summed E-state index contributed by atoms with van der Waals surface area (Å²) < 4.78 is 5.40. The van der Waals surface area contributed by atoms with E-state index in [0.717, 1.165) is 44.3 Å². The summed E-state index contributed by atoms with van der Waals surface area (Å²) in [6.45, 7) is 12.2. The Labute approximate surface area is 226 Å². The summed E-state index contributed by atoms with van der Waals surface area (Å²) in [6, 6.07) is 22.3. The van der Waals surface area contributed by atoms with E-state index in [1.165, 1.54) is 0 Å². The molecule has 0 unspecified atom stereocenters. The van der Waals surface area contributed by atoms with E-state index in [1.54, 1.807) is 32.1 Å². The van der Waals surface area contributed by atoms with Crippen LogP contribution in [-0.4, -0.2) is 23.1 Å². The van der Waals surface area contributed by atoms with Gasteiger partial charge in [-0.2, -0.15) is 0 Å². The number of carbonyl (C=O) groups excluding carboxylic acids is 1. The highest BCUT2D eigenvalue weighted by Crippen LogP contribution is 2.32. The second-order valence-corrected chi connectivity index (χ2v) is 11.7. The molecule has 0 fully saturated rings. The Morgan fingerprint density at radius 1 is 0.921 bits per heavy atom. The number of fused-ring (bicyclic) bond motifs is 1. The Morgan fingerprint density at radius 3 is 2.21 bits per heavy atom. The number of rotatable bonds is 7. The lowest BCUT2D eigenvalue weighted by molar-refractivity contribution is -0.120. The zero-order valence-corrected chi connectivity index (χ0v) is 23.5. The molecule has 4 aromatic rings. The molecule has 1 aromatic heterocycles. The number of aromatic nitrogens is 1. The quantitative estimate of drug-likeness (QED) is 0.281. The maximum Gasteiger partial charge on any atom is 0.229 e. The molecule has 0 saturated heterocycles.